The molecule has 0 N–H and O–H groups in total. The van der Waals surface area contributed by atoms with E-state index in [1.807, 2.05) is 30.3 Å². The van der Waals surface area contributed by atoms with E-state index >= 15 is 0 Å². The van der Waals surface area contributed by atoms with Crippen molar-refractivity contribution in [1.29, 1.82) is 0 Å². The van der Waals surface area contributed by atoms with Gasteiger partial charge in [0.15, 0.2) is 5.82 Å². The predicted molar refractivity (Wildman–Crippen MR) is 64.6 cm³/mol. The van der Waals surface area contributed by atoms with Crippen LogP contribution in [0.3, 0.4) is 0 Å². The number of hydrogen-bond donors (Lipinski definition) is 0. The Morgan fingerprint density at radius 3 is 2.53 bits per heavy atom. The molecule has 0 atom stereocenters. The lowest BCUT2D eigenvalue weighted by molar-refractivity contribution is 0.846. The van der Waals surface area contributed by atoms with Crippen molar-refractivity contribution in [2.24, 2.45) is 0 Å². The molecule has 0 aliphatic carbocycles. The summed E-state index contributed by atoms with van der Waals surface area (Å²) in [6, 6.07) is 13.9. The molecule has 0 amide bonds. The van der Waals surface area contributed by atoms with Gasteiger partial charge in [-0.05, 0) is 6.07 Å². The van der Waals surface area contributed by atoms with Crippen LogP contribution in [0.5, 0.6) is 0 Å². The van der Waals surface area contributed by atoms with Crippen LogP contribution in [-0.2, 0) is 0 Å². The normalized spacial score (nSPS) is 10.4. The zero-order valence-electron chi connectivity index (χ0n) is 9.06. The van der Waals surface area contributed by atoms with E-state index in [0.29, 0.717) is 0 Å². The number of rotatable bonds is 2. The van der Waals surface area contributed by atoms with Gasteiger partial charge in [-0.15, -0.1) is 0 Å². The van der Waals surface area contributed by atoms with Crippen LogP contribution >= 0.6 is 0 Å². The first-order chi connectivity index (χ1) is 8.45. The lowest BCUT2D eigenvalue weighted by atomic mass is 10.1. The highest BCUT2D eigenvalue weighted by Gasteiger charge is 2.06. The third-order valence-corrected chi connectivity index (χ3v) is 2.50. The van der Waals surface area contributed by atoms with Crippen molar-refractivity contribution in [2.75, 3.05) is 0 Å². The molecule has 0 aliphatic heterocycles. The molecule has 0 fully saturated rings. The maximum absolute atomic E-state index is 4.29. The molecule has 2 heterocycles. The highest BCUT2D eigenvalue weighted by molar-refractivity contribution is 5.60. The molecule has 2 aromatic heterocycles. The largest absolute Gasteiger partial charge is 0.245 e. The lowest BCUT2D eigenvalue weighted by Gasteiger charge is -2.05. The molecular formula is C13H10N4. The van der Waals surface area contributed by atoms with Gasteiger partial charge in [-0.1, -0.05) is 30.3 Å². The van der Waals surface area contributed by atoms with Crippen molar-refractivity contribution in [2.45, 2.75) is 0 Å². The van der Waals surface area contributed by atoms with Crippen molar-refractivity contribution >= 4 is 0 Å². The minimum absolute atomic E-state index is 0.767. The summed E-state index contributed by atoms with van der Waals surface area (Å²) < 4.78 is 1.80. The summed E-state index contributed by atoms with van der Waals surface area (Å²) >= 11 is 0. The van der Waals surface area contributed by atoms with E-state index in [0.717, 1.165) is 17.1 Å². The fraction of sp³-hybridized carbons (Fsp3) is 0. The van der Waals surface area contributed by atoms with Crippen LogP contribution in [-0.4, -0.2) is 19.7 Å². The zero-order valence-corrected chi connectivity index (χ0v) is 9.06. The van der Waals surface area contributed by atoms with Gasteiger partial charge in [0.1, 0.15) is 6.33 Å². The van der Waals surface area contributed by atoms with Gasteiger partial charge in [0.2, 0.25) is 0 Å². The Morgan fingerprint density at radius 2 is 1.76 bits per heavy atom. The molecular weight excluding hydrogens is 212 g/mol. The van der Waals surface area contributed by atoms with E-state index in [4.69, 9.17) is 0 Å². The van der Waals surface area contributed by atoms with Gasteiger partial charge in [-0.2, -0.15) is 5.10 Å². The quantitative estimate of drug-likeness (QED) is 0.668. The van der Waals surface area contributed by atoms with E-state index in [-0.39, 0.29) is 0 Å². The standard InChI is InChI=1S/C13H10N4/c1-2-4-11(5-3-1)12-6-9-16-17(12)13-7-8-14-10-15-13/h1-10H. The van der Waals surface area contributed by atoms with Crippen molar-refractivity contribution in [3.63, 3.8) is 0 Å². The molecule has 0 spiro atoms. The van der Waals surface area contributed by atoms with Crippen molar-refractivity contribution < 1.29 is 0 Å². The Morgan fingerprint density at radius 1 is 0.882 bits per heavy atom. The van der Waals surface area contributed by atoms with Crippen LogP contribution in [0.2, 0.25) is 0 Å². The number of nitrogens with zero attached hydrogens (tertiary/aromatic N) is 4. The lowest BCUT2D eigenvalue weighted by Crippen LogP contribution is -2.01. The van der Waals surface area contributed by atoms with E-state index < -0.39 is 0 Å². The summed E-state index contributed by atoms with van der Waals surface area (Å²) in [6.45, 7) is 0. The molecule has 17 heavy (non-hydrogen) atoms. The minimum Gasteiger partial charge on any atom is -0.245 e. The van der Waals surface area contributed by atoms with Gasteiger partial charge >= 0.3 is 0 Å². The molecule has 4 nitrogen and oxygen atoms in total. The first-order valence-corrected chi connectivity index (χ1v) is 5.31. The Labute approximate surface area is 98.6 Å². The molecule has 3 rings (SSSR count). The third-order valence-electron chi connectivity index (χ3n) is 2.50. The molecule has 0 saturated carbocycles. The van der Waals surface area contributed by atoms with Gasteiger partial charge in [0, 0.05) is 17.8 Å². The van der Waals surface area contributed by atoms with Crippen molar-refractivity contribution in [3.8, 4) is 17.1 Å². The molecule has 82 valence electrons. The van der Waals surface area contributed by atoms with Crippen LogP contribution < -0.4 is 0 Å². The maximum atomic E-state index is 4.29. The number of aromatic nitrogens is 4. The second kappa shape index (κ2) is 4.17. The van der Waals surface area contributed by atoms with Crippen LogP contribution in [0, 0.1) is 0 Å². The second-order valence-corrected chi connectivity index (χ2v) is 3.56. The van der Waals surface area contributed by atoms with Crippen molar-refractivity contribution in [3.05, 3.63) is 61.2 Å². The summed E-state index contributed by atoms with van der Waals surface area (Å²) in [5.74, 6) is 0.767. The highest BCUT2D eigenvalue weighted by Crippen LogP contribution is 2.20. The molecule has 0 saturated heterocycles. The Hall–Kier alpha value is -2.49. The molecule has 3 aromatic rings. The van der Waals surface area contributed by atoms with Gasteiger partial charge in [0.05, 0.1) is 11.9 Å². The Balaban J connectivity index is 2.13. The topological polar surface area (TPSA) is 43.6 Å². The fourth-order valence-corrected chi connectivity index (χ4v) is 1.72. The van der Waals surface area contributed by atoms with Crippen LogP contribution in [0.4, 0.5) is 0 Å². The molecule has 1 aromatic carbocycles. The average molecular weight is 222 g/mol. The number of benzene rings is 1. The first kappa shape index (κ1) is 9.72. The van der Waals surface area contributed by atoms with Gasteiger partial charge < -0.3 is 0 Å². The highest BCUT2D eigenvalue weighted by atomic mass is 15.3. The van der Waals surface area contributed by atoms with Crippen LogP contribution in [0.1, 0.15) is 0 Å². The van der Waals surface area contributed by atoms with Gasteiger partial charge in [-0.3, -0.25) is 0 Å². The summed E-state index contributed by atoms with van der Waals surface area (Å²) in [5.41, 5.74) is 2.13. The van der Waals surface area contributed by atoms with Gasteiger partial charge in [0.25, 0.3) is 0 Å². The SMILES string of the molecule is c1ccc(-c2ccnn2-c2ccncn2)cc1. The zero-order chi connectivity index (χ0) is 11.5. The summed E-state index contributed by atoms with van der Waals surface area (Å²) in [4.78, 5) is 8.10. The second-order valence-electron chi connectivity index (χ2n) is 3.56. The Kier molecular flexibility index (Phi) is 2.38. The minimum atomic E-state index is 0.767. The van der Waals surface area contributed by atoms with E-state index in [1.165, 1.54) is 6.33 Å². The molecule has 0 bridgehead atoms. The first-order valence-electron chi connectivity index (χ1n) is 5.31. The van der Waals surface area contributed by atoms with Crippen molar-refractivity contribution in [1.82, 2.24) is 19.7 Å². The maximum Gasteiger partial charge on any atom is 0.157 e. The summed E-state index contributed by atoms with van der Waals surface area (Å²) in [7, 11) is 0. The summed E-state index contributed by atoms with van der Waals surface area (Å²) in [5, 5.41) is 4.29. The van der Waals surface area contributed by atoms with E-state index in [2.05, 4.69) is 27.2 Å². The van der Waals surface area contributed by atoms with Gasteiger partial charge in [-0.25, -0.2) is 14.6 Å². The van der Waals surface area contributed by atoms with E-state index in [1.54, 1.807) is 17.1 Å². The van der Waals surface area contributed by atoms with Crippen LogP contribution in [0.25, 0.3) is 17.1 Å². The Bertz CT molecular complexity index is 548. The molecule has 4 heteroatoms. The summed E-state index contributed by atoms with van der Waals surface area (Å²) in [6.07, 6.45) is 5.00. The smallest absolute Gasteiger partial charge is 0.157 e. The third kappa shape index (κ3) is 1.80. The molecule has 0 aliphatic rings. The molecule has 0 unspecified atom stereocenters. The predicted octanol–water partition coefficient (Wildman–Crippen LogP) is 2.33. The fourth-order valence-electron chi connectivity index (χ4n) is 1.72. The average Bonchev–Trinajstić information content (AvgIpc) is 2.90. The monoisotopic (exact) mass is 222 g/mol. The number of hydrogen-bond acceptors (Lipinski definition) is 3. The molecule has 0 radical (unpaired) electrons. The van der Waals surface area contributed by atoms with Crippen LogP contribution in [0.15, 0.2) is 61.2 Å². The van der Waals surface area contributed by atoms with E-state index in [9.17, 15) is 0 Å².